The van der Waals surface area contributed by atoms with E-state index in [0.717, 1.165) is 37.9 Å². The number of fused-ring (bicyclic) bond motifs is 1. The first-order chi connectivity index (χ1) is 9.86. The molecule has 122 valence electrons. The molecule has 0 bridgehead atoms. The van der Waals surface area contributed by atoms with Crippen molar-refractivity contribution in [1.82, 2.24) is 0 Å². The largest absolute Gasteiger partial charge is 0.393 e. The van der Waals surface area contributed by atoms with Crippen molar-refractivity contribution in [2.75, 3.05) is 5.75 Å². The van der Waals surface area contributed by atoms with E-state index in [0.29, 0.717) is 9.17 Å². The summed E-state index contributed by atoms with van der Waals surface area (Å²) in [6.45, 7) is 6.48. The van der Waals surface area contributed by atoms with Crippen LogP contribution in [-0.4, -0.2) is 30.9 Å². The van der Waals surface area contributed by atoms with Gasteiger partial charge in [-0.3, -0.25) is 0 Å². The van der Waals surface area contributed by atoms with Gasteiger partial charge in [0.25, 0.3) is 0 Å². The van der Waals surface area contributed by atoms with Crippen molar-refractivity contribution < 1.29 is 10.2 Å². The van der Waals surface area contributed by atoms with Crippen molar-refractivity contribution in [3.8, 4) is 0 Å². The van der Waals surface area contributed by atoms with E-state index >= 15 is 0 Å². The van der Waals surface area contributed by atoms with Crippen LogP contribution in [0.1, 0.15) is 59.3 Å². The molecule has 0 aliphatic heterocycles. The summed E-state index contributed by atoms with van der Waals surface area (Å²) in [7, 11) is 0. The van der Waals surface area contributed by atoms with Gasteiger partial charge in [0.2, 0.25) is 0 Å². The molecule has 0 heterocycles. The van der Waals surface area contributed by atoms with Gasteiger partial charge in [-0.15, -0.1) is 11.8 Å². The Balaban J connectivity index is 2.01. The van der Waals surface area contributed by atoms with Gasteiger partial charge in [-0.2, -0.15) is 0 Å². The first kappa shape index (κ1) is 18.1. The summed E-state index contributed by atoms with van der Waals surface area (Å²) in [5.74, 6) is 1.21. The minimum atomic E-state index is -0.528. The van der Waals surface area contributed by atoms with Gasteiger partial charge in [-0.25, -0.2) is 0 Å². The summed E-state index contributed by atoms with van der Waals surface area (Å²) in [5, 5.41) is 20.8. The number of halogens is 1. The highest BCUT2D eigenvalue weighted by molar-refractivity contribution is 14.1. The first-order valence-corrected chi connectivity index (χ1v) is 10.5. The minimum absolute atomic E-state index is 0.130. The fourth-order valence-corrected chi connectivity index (χ4v) is 6.79. The number of alkyl halides is 1. The number of thioether (sulfide) groups is 1. The maximum Gasteiger partial charge on any atom is 0.0779 e. The van der Waals surface area contributed by atoms with Crippen molar-refractivity contribution in [2.24, 2.45) is 11.3 Å². The molecule has 21 heavy (non-hydrogen) atoms. The highest BCUT2D eigenvalue weighted by atomic mass is 127. The van der Waals surface area contributed by atoms with Crippen LogP contribution >= 0.6 is 34.4 Å². The lowest BCUT2D eigenvalue weighted by atomic mass is 9.65. The molecular weight excluding hydrogens is 395 g/mol. The Labute approximate surface area is 147 Å². The maximum atomic E-state index is 10.5. The zero-order valence-electron chi connectivity index (χ0n) is 13.4. The molecule has 0 spiro atoms. The van der Waals surface area contributed by atoms with E-state index in [-0.39, 0.29) is 11.5 Å². The lowest BCUT2D eigenvalue weighted by Crippen LogP contribution is -2.39. The van der Waals surface area contributed by atoms with Crippen LogP contribution in [0.2, 0.25) is 0 Å². The van der Waals surface area contributed by atoms with Crippen molar-refractivity contribution in [2.45, 2.75) is 74.3 Å². The molecule has 0 aromatic heterocycles. The fraction of sp³-hybridized carbons (Fsp3) is 0.882. The third-order valence-corrected chi connectivity index (χ3v) is 8.79. The van der Waals surface area contributed by atoms with E-state index in [9.17, 15) is 10.2 Å². The summed E-state index contributed by atoms with van der Waals surface area (Å²) in [4.78, 5) is 0. The van der Waals surface area contributed by atoms with Gasteiger partial charge in [0.05, 0.1) is 15.0 Å². The fourth-order valence-electron chi connectivity index (χ4n) is 3.88. The Bertz CT molecular complexity index is 394. The molecule has 2 aliphatic rings. The molecular formula is C17H29IO2S. The lowest BCUT2D eigenvalue weighted by Gasteiger charge is -2.43. The third kappa shape index (κ3) is 3.64. The number of hydrogen-bond donors (Lipinski definition) is 2. The summed E-state index contributed by atoms with van der Waals surface area (Å²) >= 11 is 4.40. The number of aliphatic hydroxyl groups excluding tert-OH is 1. The van der Waals surface area contributed by atoms with Crippen LogP contribution in [0, 0.1) is 11.3 Å². The van der Waals surface area contributed by atoms with Gasteiger partial charge < -0.3 is 10.2 Å². The topological polar surface area (TPSA) is 40.5 Å². The van der Waals surface area contributed by atoms with E-state index in [1.807, 2.05) is 11.8 Å². The van der Waals surface area contributed by atoms with E-state index in [1.165, 1.54) is 12.0 Å². The molecule has 4 atom stereocenters. The maximum absolute atomic E-state index is 10.5. The van der Waals surface area contributed by atoms with Gasteiger partial charge in [0.1, 0.15) is 0 Å². The third-order valence-electron chi connectivity index (χ3n) is 5.79. The average molecular weight is 424 g/mol. The predicted molar refractivity (Wildman–Crippen MR) is 100.0 cm³/mol. The van der Waals surface area contributed by atoms with Gasteiger partial charge in [0.15, 0.2) is 0 Å². The number of allylic oxidation sites excluding steroid dienone is 1. The van der Waals surface area contributed by atoms with E-state index in [2.05, 4.69) is 49.4 Å². The van der Waals surface area contributed by atoms with Crippen LogP contribution in [-0.2, 0) is 0 Å². The van der Waals surface area contributed by atoms with Gasteiger partial charge in [0, 0.05) is 5.75 Å². The predicted octanol–water partition coefficient (Wildman–Crippen LogP) is 4.53. The van der Waals surface area contributed by atoms with Crippen LogP contribution < -0.4 is 0 Å². The highest BCUT2D eigenvalue weighted by Crippen LogP contribution is 2.56. The molecule has 0 aromatic rings. The summed E-state index contributed by atoms with van der Waals surface area (Å²) in [6, 6.07) is 0. The SMILES string of the molecule is CCC(O)(CC)CS[C@@H](I)C1=CCC2C(O)CCCC12C. The number of aliphatic hydroxyl groups is 2. The second kappa shape index (κ2) is 7.10. The van der Waals surface area contributed by atoms with Crippen molar-refractivity contribution >= 4 is 34.4 Å². The lowest BCUT2D eigenvalue weighted by molar-refractivity contribution is 0.0113. The Hall–Kier alpha value is 0.740. The molecule has 0 radical (unpaired) electrons. The van der Waals surface area contributed by atoms with E-state index < -0.39 is 5.60 Å². The van der Waals surface area contributed by atoms with Crippen LogP contribution in [0.4, 0.5) is 0 Å². The molecule has 2 aliphatic carbocycles. The first-order valence-electron chi connectivity index (χ1n) is 8.23. The molecule has 3 unspecified atom stereocenters. The second-order valence-corrected chi connectivity index (χ2v) is 10.1. The summed E-state index contributed by atoms with van der Waals surface area (Å²) in [5.41, 5.74) is 1.15. The van der Waals surface area contributed by atoms with Gasteiger partial charge in [-0.05, 0) is 55.4 Å². The molecule has 0 saturated heterocycles. The van der Waals surface area contributed by atoms with Crippen molar-refractivity contribution in [3.63, 3.8) is 0 Å². The zero-order chi connectivity index (χ0) is 15.7. The molecule has 1 fully saturated rings. The molecule has 0 aromatic carbocycles. The second-order valence-electron chi connectivity index (χ2n) is 6.94. The molecule has 2 rings (SSSR count). The van der Waals surface area contributed by atoms with E-state index in [1.54, 1.807) is 0 Å². The normalized spacial score (nSPS) is 34.5. The minimum Gasteiger partial charge on any atom is -0.393 e. The smallest absolute Gasteiger partial charge is 0.0779 e. The van der Waals surface area contributed by atoms with Crippen LogP contribution in [0.15, 0.2) is 11.6 Å². The molecule has 0 amide bonds. The Morgan fingerprint density at radius 2 is 2.14 bits per heavy atom. The van der Waals surface area contributed by atoms with Crippen molar-refractivity contribution in [1.29, 1.82) is 0 Å². The Kier molecular flexibility index (Phi) is 6.11. The van der Waals surface area contributed by atoms with Crippen LogP contribution in [0.25, 0.3) is 0 Å². The summed E-state index contributed by atoms with van der Waals surface area (Å²) < 4.78 is 0.410. The number of hydrogen-bond acceptors (Lipinski definition) is 3. The number of rotatable bonds is 6. The molecule has 1 saturated carbocycles. The van der Waals surface area contributed by atoms with Crippen LogP contribution in [0.3, 0.4) is 0 Å². The van der Waals surface area contributed by atoms with Crippen molar-refractivity contribution in [3.05, 3.63) is 11.6 Å². The zero-order valence-corrected chi connectivity index (χ0v) is 16.4. The molecule has 2 N–H and O–H groups in total. The standard InChI is InChI=1S/C17H29IO2S/c1-4-17(20,5-2)11-21-15(18)13-9-8-12-14(19)7-6-10-16(12,13)3/h9,12,14-15,19-20H,4-8,10-11H2,1-3H3/t12?,14?,15-,16?/m1/s1. The van der Waals surface area contributed by atoms with E-state index in [4.69, 9.17) is 0 Å². The quantitative estimate of drug-likeness (QED) is 0.374. The highest BCUT2D eigenvalue weighted by Gasteiger charge is 2.48. The molecule has 4 heteroatoms. The van der Waals surface area contributed by atoms with Crippen LogP contribution in [0.5, 0.6) is 0 Å². The summed E-state index contributed by atoms with van der Waals surface area (Å²) in [6.07, 6.45) is 8.20. The monoisotopic (exact) mass is 424 g/mol. The Morgan fingerprint density at radius 3 is 2.76 bits per heavy atom. The molecule has 2 nitrogen and oxygen atoms in total. The Morgan fingerprint density at radius 1 is 1.48 bits per heavy atom. The van der Waals surface area contributed by atoms with Gasteiger partial charge in [-0.1, -0.05) is 49.4 Å². The van der Waals surface area contributed by atoms with Gasteiger partial charge >= 0.3 is 0 Å². The average Bonchev–Trinajstić information content (AvgIpc) is 2.83.